The Labute approximate surface area is 150 Å². The minimum atomic E-state index is -0.543. The fourth-order valence-corrected chi connectivity index (χ4v) is 3.29. The van der Waals surface area contributed by atoms with Gasteiger partial charge in [-0.1, -0.05) is 12.1 Å². The highest BCUT2D eigenvalue weighted by molar-refractivity contribution is 5.72. The second-order valence-electron chi connectivity index (χ2n) is 6.95. The number of aryl methyl sites for hydroxylation is 2. The lowest BCUT2D eigenvalue weighted by molar-refractivity contribution is -0.149. The van der Waals surface area contributed by atoms with Gasteiger partial charge in [0, 0.05) is 6.54 Å². The van der Waals surface area contributed by atoms with E-state index in [0.29, 0.717) is 13.2 Å². The van der Waals surface area contributed by atoms with Crippen LogP contribution in [-0.2, 0) is 9.53 Å². The number of aliphatic hydroxyl groups excluding tert-OH is 1. The summed E-state index contributed by atoms with van der Waals surface area (Å²) in [6.07, 6.45) is 1.05. The van der Waals surface area contributed by atoms with Gasteiger partial charge in [0.1, 0.15) is 18.5 Å². The van der Waals surface area contributed by atoms with E-state index in [1.807, 2.05) is 26.8 Å². The van der Waals surface area contributed by atoms with Crippen LogP contribution in [0.2, 0.25) is 0 Å². The van der Waals surface area contributed by atoms with Crippen LogP contribution < -0.4 is 4.74 Å². The molecule has 0 aromatic heterocycles. The lowest BCUT2D eigenvalue weighted by Gasteiger charge is -2.32. The van der Waals surface area contributed by atoms with Crippen LogP contribution >= 0.6 is 0 Å². The van der Waals surface area contributed by atoms with E-state index in [0.717, 1.165) is 42.8 Å². The van der Waals surface area contributed by atoms with Crippen LogP contribution in [0.5, 0.6) is 5.75 Å². The molecule has 2 rings (SSSR count). The summed E-state index contributed by atoms with van der Waals surface area (Å²) in [5.41, 5.74) is 3.41. The summed E-state index contributed by atoms with van der Waals surface area (Å²) in [7, 11) is 0. The van der Waals surface area contributed by atoms with Crippen molar-refractivity contribution in [3.63, 3.8) is 0 Å². The molecule has 1 N–H and O–H groups in total. The van der Waals surface area contributed by atoms with Gasteiger partial charge in [-0.3, -0.25) is 4.79 Å². The Morgan fingerprint density at radius 1 is 1.24 bits per heavy atom. The number of β-amino-alcohol motifs (C(OH)–C–C–N with tert-alkyl or cyclic N) is 1. The van der Waals surface area contributed by atoms with Gasteiger partial charge in [-0.05, 0) is 70.3 Å². The van der Waals surface area contributed by atoms with Gasteiger partial charge in [-0.2, -0.15) is 0 Å². The Balaban J connectivity index is 1.77. The van der Waals surface area contributed by atoms with Crippen molar-refractivity contribution in [1.82, 2.24) is 4.90 Å². The highest BCUT2D eigenvalue weighted by Gasteiger charge is 2.26. The molecular formula is C20H31NO4. The van der Waals surface area contributed by atoms with E-state index in [4.69, 9.17) is 9.47 Å². The molecule has 0 bridgehead atoms. The normalized spacial score (nSPS) is 17.3. The second kappa shape index (κ2) is 9.20. The summed E-state index contributed by atoms with van der Waals surface area (Å²) in [6.45, 7) is 10.9. The number of ether oxygens (including phenoxy) is 2. The molecule has 0 amide bonds. The Morgan fingerprint density at radius 2 is 1.88 bits per heavy atom. The van der Waals surface area contributed by atoms with Gasteiger partial charge in [0.2, 0.25) is 0 Å². The number of carbonyl (C=O) groups excluding carboxylic acids is 1. The summed E-state index contributed by atoms with van der Waals surface area (Å²) in [6, 6.07) is 4.13. The summed E-state index contributed by atoms with van der Waals surface area (Å²) in [5, 5.41) is 10.3. The van der Waals surface area contributed by atoms with Gasteiger partial charge < -0.3 is 19.5 Å². The molecule has 0 aliphatic carbocycles. The maximum absolute atomic E-state index is 11.8. The minimum Gasteiger partial charge on any atom is -0.490 e. The van der Waals surface area contributed by atoms with Gasteiger partial charge in [-0.25, -0.2) is 0 Å². The van der Waals surface area contributed by atoms with Gasteiger partial charge in [0.15, 0.2) is 0 Å². The third-order valence-corrected chi connectivity index (χ3v) is 4.97. The molecule has 1 aliphatic heterocycles. The van der Waals surface area contributed by atoms with Gasteiger partial charge in [0.25, 0.3) is 0 Å². The van der Waals surface area contributed by atoms with Crippen LogP contribution in [0.25, 0.3) is 0 Å². The van der Waals surface area contributed by atoms with Crippen LogP contribution in [0.4, 0.5) is 0 Å². The van der Waals surface area contributed by atoms with Crippen molar-refractivity contribution in [3.8, 4) is 5.75 Å². The number of carbonyl (C=O) groups is 1. The molecule has 0 spiro atoms. The van der Waals surface area contributed by atoms with Crippen molar-refractivity contribution in [2.75, 3.05) is 32.8 Å². The topological polar surface area (TPSA) is 59.0 Å². The molecule has 25 heavy (non-hydrogen) atoms. The van der Waals surface area contributed by atoms with Gasteiger partial charge in [-0.15, -0.1) is 0 Å². The van der Waals surface area contributed by atoms with E-state index < -0.39 is 6.10 Å². The monoisotopic (exact) mass is 349 g/mol. The zero-order valence-corrected chi connectivity index (χ0v) is 15.9. The maximum atomic E-state index is 11.8. The summed E-state index contributed by atoms with van der Waals surface area (Å²) in [5.74, 6) is 0.790. The molecule has 1 aromatic carbocycles. The lowest BCUT2D eigenvalue weighted by atomic mass is 9.97. The molecule has 0 saturated carbocycles. The molecule has 0 radical (unpaired) electrons. The Bertz CT molecular complexity index is 579. The van der Waals surface area contributed by atoms with Gasteiger partial charge >= 0.3 is 5.97 Å². The van der Waals surface area contributed by atoms with Crippen molar-refractivity contribution in [1.29, 1.82) is 0 Å². The number of esters is 1. The van der Waals surface area contributed by atoms with E-state index in [9.17, 15) is 9.90 Å². The number of hydrogen-bond acceptors (Lipinski definition) is 5. The predicted octanol–water partition coefficient (Wildman–Crippen LogP) is 2.63. The molecule has 1 unspecified atom stereocenters. The lowest BCUT2D eigenvalue weighted by Crippen LogP contribution is -2.42. The summed E-state index contributed by atoms with van der Waals surface area (Å²) < 4.78 is 11.0. The molecule has 1 aliphatic rings. The zero-order chi connectivity index (χ0) is 18.4. The third-order valence-electron chi connectivity index (χ3n) is 4.97. The first-order valence-electron chi connectivity index (χ1n) is 9.19. The highest BCUT2D eigenvalue weighted by Crippen LogP contribution is 2.26. The van der Waals surface area contributed by atoms with Crippen LogP contribution in [0.1, 0.15) is 36.5 Å². The number of rotatable bonds is 7. The van der Waals surface area contributed by atoms with E-state index in [-0.39, 0.29) is 18.5 Å². The van der Waals surface area contributed by atoms with E-state index in [1.54, 1.807) is 0 Å². The maximum Gasteiger partial charge on any atom is 0.309 e. The van der Waals surface area contributed by atoms with E-state index in [1.165, 1.54) is 5.56 Å². The van der Waals surface area contributed by atoms with Crippen LogP contribution in [0, 0.1) is 26.7 Å². The minimum absolute atomic E-state index is 0.00202. The Morgan fingerprint density at radius 3 is 2.52 bits per heavy atom. The van der Waals surface area contributed by atoms with Crippen molar-refractivity contribution in [3.05, 3.63) is 28.8 Å². The standard InChI is InChI=1S/C20H31NO4/c1-5-24-20(23)17-8-10-21(11-9-17)12-18(22)13-25-19-15(3)7-6-14(2)16(19)4/h6-7,17-18,22H,5,8-13H2,1-4H3. The number of hydrogen-bond donors (Lipinski definition) is 1. The van der Waals surface area contributed by atoms with E-state index in [2.05, 4.69) is 17.9 Å². The molecule has 5 heteroatoms. The highest BCUT2D eigenvalue weighted by atomic mass is 16.5. The van der Waals surface area contributed by atoms with E-state index >= 15 is 0 Å². The molecule has 1 saturated heterocycles. The molecular weight excluding hydrogens is 318 g/mol. The zero-order valence-electron chi connectivity index (χ0n) is 15.9. The van der Waals surface area contributed by atoms with Crippen molar-refractivity contribution in [2.45, 2.75) is 46.6 Å². The van der Waals surface area contributed by atoms with Crippen molar-refractivity contribution < 1.29 is 19.4 Å². The average molecular weight is 349 g/mol. The van der Waals surface area contributed by atoms with Crippen molar-refractivity contribution in [2.24, 2.45) is 5.92 Å². The molecule has 1 aromatic rings. The molecule has 1 heterocycles. The van der Waals surface area contributed by atoms with Crippen LogP contribution in [0.3, 0.4) is 0 Å². The SMILES string of the molecule is CCOC(=O)C1CCN(CC(O)COc2c(C)ccc(C)c2C)CC1. The Kier molecular flexibility index (Phi) is 7.26. The predicted molar refractivity (Wildman–Crippen MR) is 98.0 cm³/mol. The Hall–Kier alpha value is -1.59. The molecule has 5 nitrogen and oxygen atoms in total. The second-order valence-corrected chi connectivity index (χ2v) is 6.95. The summed E-state index contributed by atoms with van der Waals surface area (Å²) >= 11 is 0. The van der Waals surface area contributed by atoms with Gasteiger partial charge in [0.05, 0.1) is 12.5 Å². The molecule has 1 fully saturated rings. The third kappa shape index (κ3) is 5.44. The quantitative estimate of drug-likeness (QED) is 0.767. The first kappa shape index (κ1) is 19.7. The fraction of sp³-hybridized carbons (Fsp3) is 0.650. The van der Waals surface area contributed by atoms with Crippen LogP contribution in [0.15, 0.2) is 12.1 Å². The van der Waals surface area contributed by atoms with Crippen LogP contribution in [-0.4, -0.2) is 54.9 Å². The van der Waals surface area contributed by atoms with Crippen molar-refractivity contribution >= 4 is 5.97 Å². The number of aliphatic hydroxyl groups is 1. The largest absolute Gasteiger partial charge is 0.490 e. The number of benzene rings is 1. The summed E-state index contributed by atoms with van der Waals surface area (Å²) in [4.78, 5) is 14.0. The first-order chi connectivity index (χ1) is 11.9. The molecule has 140 valence electrons. The number of likely N-dealkylation sites (tertiary alicyclic amines) is 1. The fourth-order valence-electron chi connectivity index (χ4n) is 3.29. The molecule has 1 atom stereocenters. The number of piperidine rings is 1. The average Bonchev–Trinajstić information content (AvgIpc) is 2.59. The number of nitrogens with zero attached hydrogens (tertiary/aromatic N) is 1. The smallest absolute Gasteiger partial charge is 0.309 e. The first-order valence-corrected chi connectivity index (χ1v) is 9.19.